The predicted molar refractivity (Wildman–Crippen MR) is 66.5 cm³/mol. The molecule has 0 aliphatic rings. The van der Waals surface area contributed by atoms with Crippen LogP contribution >= 0.6 is 0 Å². The standard InChI is InChI=1S/C14H30/c1-9-11(2)12(3)14(7,8)10-13(4,5)6/h11-12H,9-10H2,1-8H3. The first-order valence-electron chi connectivity index (χ1n) is 6.10. The van der Waals surface area contributed by atoms with E-state index in [9.17, 15) is 0 Å². The van der Waals surface area contributed by atoms with E-state index in [-0.39, 0.29) is 0 Å². The lowest BCUT2D eigenvalue weighted by atomic mass is 9.65. The van der Waals surface area contributed by atoms with Crippen molar-refractivity contribution in [3.63, 3.8) is 0 Å². The fourth-order valence-electron chi connectivity index (χ4n) is 2.65. The maximum Gasteiger partial charge on any atom is -0.0321 e. The molecule has 0 saturated carbocycles. The summed E-state index contributed by atoms with van der Waals surface area (Å²) < 4.78 is 0. The van der Waals surface area contributed by atoms with Gasteiger partial charge < -0.3 is 0 Å². The molecule has 14 heavy (non-hydrogen) atoms. The van der Waals surface area contributed by atoms with Crippen molar-refractivity contribution in [2.24, 2.45) is 22.7 Å². The molecular weight excluding hydrogens is 168 g/mol. The van der Waals surface area contributed by atoms with Crippen molar-refractivity contribution < 1.29 is 0 Å². The second kappa shape index (κ2) is 4.68. The molecule has 0 saturated heterocycles. The molecule has 0 aromatic heterocycles. The molecule has 2 atom stereocenters. The van der Waals surface area contributed by atoms with Gasteiger partial charge in [0.15, 0.2) is 0 Å². The van der Waals surface area contributed by atoms with Gasteiger partial charge in [-0.2, -0.15) is 0 Å². The molecule has 0 N–H and O–H groups in total. The summed E-state index contributed by atoms with van der Waals surface area (Å²) in [6.07, 6.45) is 2.61. The van der Waals surface area contributed by atoms with E-state index < -0.39 is 0 Å². The first-order chi connectivity index (χ1) is 6.10. The van der Waals surface area contributed by atoms with Gasteiger partial charge in [0.25, 0.3) is 0 Å². The van der Waals surface area contributed by atoms with Crippen LogP contribution in [0.3, 0.4) is 0 Å². The third-order valence-corrected chi connectivity index (χ3v) is 3.72. The first-order valence-corrected chi connectivity index (χ1v) is 6.10. The second-order valence-corrected chi connectivity index (χ2v) is 6.90. The molecule has 0 rings (SSSR count). The lowest BCUT2D eigenvalue weighted by Crippen LogP contribution is -2.31. The smallest absolute Gasteiger partial charge is 0.0321 e. The van der Waals surface area contributed by atoms with Gasteiger partial charge in [-0.25, -0.2) is 0 Å². The van der Waals surface area contributed by atoms with Crippen LogP contribution < -0.4 is 0 Å². The van der Waals surface area contributed by atoms with E-state index in [0.717, 1.165) is 11.8 Å². The van der Waals surface area contributed by atoms with Crippen LogP contribution in [0.15, 0.2) is 0 Å². The fraction of sp³-hybridized carbons (Fsp3) is 1.00. The number of hydrogen-bond acceptors (Lipinski definition) is 0. The van der Waals surface area contributed by atoms with Crippen LogP contribution in [-0.2, 0) is 0 Å². The molecule has 0 radical (unpaired) electrons. The third kappa shape index (κ3) is 4.48. The first kappa shape index (κ1) is 14.0. The van der Waals surface area contributed by atoms with Crippen LogP contribution in [-0.4, -0.2) is 0 Å². The minimum absolute atomic E-state index is 0.450. The summed E-state index contributed by atoms with van der Waals surface area (Å²) in [5.74, 6) is 1.65. The zero-order chi connectivity index (χ0) is 11.6. The Morgan fingerprint density at radius 2 is 1.36 bits per heavy atom. The number of hydrogen-bond donors (Lipinski definition) is 0. The highest BCUT2D eigenvalue weighted by Crippen LogP contribution is 2.42. The van der Waals surface area contributed by atoms with E-state index in [4.69, 9.17) is 0 Å². The molecule has 0 fully saturated rings. The van der Waals surface area contributed by atoms with Gasteiger partial charge >= 0.3 is 0 Å². The van der Waals surface area contributed by atoms with Crippen LogP contribution in [0.1, 0.15) is 68.2 Å². The summed E-state index contributed by atoms with van der Waals surface area (Å²) in [7, 11) is 0. The number of rotatable bonds is 4. The molecule has 0 spiro atoms. The zero-order valence-corrected chi connectivity index (χ0v) is 11.6. The van der Waals surface area contributed by atoms with Crippen LogP contribution in [0.4, 0.5) is 0 Å². The van der Waals surface area contributed by atoms with Gasteiger partial charge in [0.1, 0.15) is 0 Å². The van der Waals surface area contributed by atoms with Gasteiger partial charge in [0, 0.05) is 0 Å². The van der Waals surface area contributed by atoms with Crippen molar-refractivity contribution in [1.29, 1.82) is 0 Å². The SMILES string of the molecule is CCC(C)C(C)C(C)(C)CC(C)(C)C. The third-order valence-electron chi connectivity index (χ3n) is 3.72. The van der Waals surface area contributed by atoms with Gasteiger partial charge in [-0.05, 0) is 29.1 Å². The Hall–Kier alpha value is 0. The lowest BCUT2D eigenvalue weighted by Gasteiger charge is -2.40. The quantitative estimate of drug-likeness (QED) is 0.587. The molecule has 0 heterocycles. The van der Waals surface area contributed by atoms with Crippen molar-refractivity contribution in [3.8, 4) is 0 Å². The highest BCUT2D eigenvalue weighted by Gasteiger charge is 2.32. The van der Waals surface area contributed by atoms with Crippen LogP contribution in [0, 0.1) is 22.7 Å². The molecule has 86 valence electrons. The van der Waals surface area contributed by atoms with Gasteiger partial charge in [0.2, 0.25) is 0 Å². The van der Waals surface area contributed by atoms with Crippen LogP contribution in [0.5, 0.6) is 0 Å². The van der Waals surface area contributed by atoms with Crippen molar-refractivity contribution in [2.45, 2.75) is 68.2 Å². The molecule has 0 amide bonds. The van der Waals surface area contributed by atoms with E-state index in [2.05, 4.69) is 55.4 Å². The van der Waals surface area contributed by atoms with E-state index >= 15 is 0 Å². The lowest BCUT2D eigenvalue weighted by molar-refractivity contribution is 0.101. The summed E-state index contributed by atoms with van der Waals surface area (Å²) >= 11 is 0. The molecule has 0 aromatic carbocycles. The second-order valence-electron chi connectivity index (χ2n) is 6.90. The maximum atomic E-state index is 2.43. The van der Waals surface area contributed by atoms with E-state index in [1.54, 1.807) is 0 Å². The minimum Gasteiger partial charge on any atom is -0.0651 e. The largest absolute Gasteiger partial charge is 0.0651 e. The molecule has 0 aromatic rings. The fourth-order valence-corrected chi connectivity index (χ4v) is 2.65. The average molecular weight is 198 g/mol. The molecule has 0 nitrogen and oxygen atoms in total. The van der Waals surface area contributed by atoms with Crippen LogP contribution in [0.25, 0.3) is 0 Å². The van der Waals surface area contributed by atoms with Crippen molar-refractivity contribution in [1.82, 2.24) is 0 Å². The molecule has 0 heteroatoms. The van der Waals surface area contributed by atoms with Crippen molar-refractivity contribution in [3.05, 3.63) is 0 Å². The van der Waals surface area contributed by atoms with E-state index in [1.807, 2.05) is 0 Å². The summed E-state index contributed by atoms with van der Waals surface area (Å²) in [4.78, 5) is 0. The normalized spacial score (nSPS) is 18.0. The Labute approximate surface area is 91.5 Å². The van der Waals surface area contributed by atoms with Gasteiger partial charge in [-0.3, -0.25) is 0 Å². The zero-order valence-electron chi connectivity index (χ0n) is 11.6. The molecule has 0 aliphatic heterocycles. The topological polar surface area (TPSA) is 0 Å². The van der Waals surface area contributed by atoms with E-state index in [0.29, 0.717) is 10.8 Å². The van der Waals surface area contributed by atoms with E-state index in [1.165, 1.54) is 12.8 Å². The Kier molecular flexibility index (Phi) is 4.68. The summed E-state index contributed by atoms with van der Waals surface area (Å²) in [6.45, 7) is 19.0. The summed E-state index contributed by atoms with van der Waals surface area (Å²) in [6, 6.07) is 0. The Morgan fingerprint density at radius 3 is 1.64 bits per heavy atom. The summed E-state index contributed by atoms with van der Waals surface area (Å²) in [5, 5.41) is 0. The minimum atomic E-state index is 0.450. The summed E-state index contributed by atoms with van der Waals surface area (Å²) in [5.41, 5.74) is 0.916. The predicted octanol–water partition coefficient (Wildman–Crippen LogP) is 5.13. The highest BCUT2D eigenvalue weighted by atomic mass is 14.4. The Morgan fingerprint density at radius 1 is 0.929 bits per heavy atom. The van der Waals surface area contributed by atoms with Crippen LogP contribution in [0.2, 0.25) is 0 Å². The molecular formula is C14H30. The van der Waals surface area contributed by atoms with Crippen molar-refractivity contribution >= 4 is 0 Å². The Bertz CT molecular complexity index is 159. The molecule has 2 unspecified atom stereocenters. The average Bonchev–Trinajstić information content (AvgIpc) is 1.97. The Balaban J connectivity index is 4.45. The van der Waals surface area contributed by atoms with Gasteiger partial charge in [0.05, 0.1) is 0 Å². The van der Waals surface area contributed by atoms with Crippen molar-refractivity contribution in [2.75, 3.05) is 0 Å². The monoisotopic (exact) mass is 198 g/mol. The highest BCUT2D eigenvalue weighted by molar-refractivity contribution is 4.82. The van der Waals surface area contributed by atoms with Gasteiger partial charge in [-0.15, -0.1) is 0 Å². The molecule has 0 bridgehead atoms. The molecule has 0 aliphatic carbocycles. The van der Waals surface area contributed by atoms with Gasteiger partial charge in [-0.1, -0.05) is 61.8 Å². The maximum absolute atomic E-state index is 2.43.